The molecule has 1 atom stereocenters. The molecule has 1 aliphatic heterocycles. The molecule has 3 rings (SSSR count). The molecular weight excluding hydrogens is 334 g/mol. The van der Waals surface area contributed by atoms with Crippen LogP contribution >= 0.6 is 0 Å². The molecule has 7 heteroatoms. The van der Waals surface area contributed by atoms with Crippen molar-refractivity contribution in [3.05, 3.63) is 24.2 Å². The molecule has 1 aliphatic carbocycles. The van der Waals surface area contributed by atoms with Gasteiger partial charge < -0.3 is 29.3 Å². The van der Waals surface area contributed by atoms with Crippen LogP contribution in [0.5, 0.6) is 0 Å². The van der Waals surface area contributed by atoms with Crippen LogP contribution < -0.4 is 10.6 Å². The van der Waals surface area contributed by atoms with E-state index in [-0.39, 0.29) is 11.9 Å². The Bertz CT molecular complexity index is 541. The second-order valence-corrected chi connectivity index (χ2v) is 6.89. The van der Waals surface area contributed by atoms with Crippen LogP contribution in [0.25, 0.3) is 0 Å². The first-order valence-electron chi connectivity index (χ1n) is 9.65. The van der Waals surface area contributed by atoms with E-state index in [1.807, 2.05) is 12.1 Å². The van der Waals surface area contributed by atoms with Gasteiger partial charge in [0.25, 0.3) is 0 Å². The second-order valence-electron chi connectivity index (χ2n) is 6.89. The average Bonchev–Trinajstić information content (AvgIpc) is 3.31. The average molecular weight is 365 g/mol. The minimum atomic E-state index is -0.338. The fourth-order valence-electron chi connectivity index (χ4n) is 3.46. The number of hydrogen-bond donors (Lipinski definition) is 2. The molecule has 0 aromatic carbocycles. The van der Waals surface area contributed by atoms with Crippen LogP contribution in [0.1, 0.15) is 37.9 Å². The van der Waals surface area contributed by atoms with Crippen molar-refractivity contribution >= 4 is 5.96 Å². The Labute approximate surface area is 155 Å². The summed E-state index contributed by atoms with van der Waals surface area (Å²) in [4.78, 5) is 4.68. The topological polar surface area (TPSA) is 77.2 Å². The van der Waals surface area contributed by atoms with Gasteiger partial charge in [-0.05, 0) is 25.0 Å². The monoisotopic (exact) mass is 365 g/mol. The van der Waals surface area contributed by atoms with E-state index in [0.29, 0.717) is 26.3 Å². The van der Waals surface area contributed by atoms with Gasteiger partial charge in [-0.1, -0.05) is 6.42 Å². The maximum atomic E-state index is 6.20. The lowest BCUT2D eigenvalue weighted by atomic mass is 9.94. The number of nitrogens with one attached hydrogen (secondary N) is 2. The molecule has 0 radical (unpaired) electrons. The Morgan fingerprint density at radius 2 is 2.12 bits per heavy atom. The van der Waals surface area contributed by atoms with Crippen LogP contribution in [-0.4, -0.2) is 57.8 Å². The summed E-state index contributed by atoms with van der Waals surface area (Å²) in [5.41, 5.74) is 0. The zero-order valence-corrected chi connectivity index (χ0v) is 15.7. The standard InChI is InChI=1S/C19H31N3O4/c1-23-13-11-21-18(20-10-7-16-6-5-12-24-16)22-14-17-15-25-19(26-17)8-3-2-4-9-19/h5-6,12,17H,2-4,7-11,13-15H2,1H3,(H2,20,21,22). The van der Waals surface area contributed by atoms with Gasteiger partial charge in [0.05, 0.1) is 26.0 Å². The molecule has 2 heterocycles. The van der Waals surface area contributed by atoms with Gasteiger partial charge >= 0.3 is 0 Å². The molecule has 1 saturated heterocycles. The molecule has 1 saturated carbocycles. The zero-order valence-electron chi connectivity index (χ0n) is 15.7. The third kappa shape index (κ3) is 5.72. The summed E-state index contributed by atoms with van der Waals surface area (Å²) in [7, 11) is 1.69. The predicted molar refractivity (Wildman–Crippen MR) is 99.2 cm³/mol. The number of ether oxygens (including phenoxy) is 3. The Morgan fingerprint density at radius 1 is 1.27 bits per heavy atom. The largest absolute Gasteiger partial charge is 0.469 e. The minimum Gasteiger partial charge on any atom is -0.469 e. The van der Waals surface area contributed by atoms with Crippen molar-refractivity contribution in [2.75, 3.05) is 40.0 Å². The summed E-state index contributed by atoms with van der Waals surface area (Å²) in [6, 6.07) is 3.88. The highest BCUT2D eigenvalue weighted by Crippen LogP contribution is 2.37. The van der Waals surface area contributed by atoms with Crippen LogP contribution in [0.4, 0.5) is 0 Å². The van der Waals surface area contributed by atoms with E-state index in [1.165, 1.54) is 19.3 Å². The molecule has 0 amide bonds. The van der Waals surface area contributed by atoms with E-state index in [9.17, 15) is 0 Å². The van der Waals surface area contributed by atoms with Crippen molar-refractivity contribution in [2.45, 2.75) is 50.4 Å². The van der Waals surface area contributed by atoms with Crippen molar-refractivity contribution in [1.82, 2.24) is 10.6 Å². The van der Waals surface area contributed by atoms with Gasteiger partial charge in [0.1, 0.15) is 11.9 Å². The number of aliphatic imine (C=N–C) groups is 1. The summed E-state index contributed by atoms with van der Waals surface area (Å²) >= 11 is 0. The molecule has 1 unspecified atom stereocenters. The number of furan rings is 1. The first-order valence-corrected chi connectivity index (χ1v) is 9.65. The number of guanidine groups is 1. The summed E-state index contributed by atoms with van der Waals surface area (Å²) in [5.74, 6) is 1.39. The zero-order chi connectivity index (χ0) is 18.1. The number of hydrogen-bond acceptors (Lipinski definition) is 5. The predicted octanol–water partition coefficient (Wildman–Crippen LogP) is 2.08. The molecule has 1 aromatic heterocycles. The van der Waals surface area contributed by atoms with Gasteiger partial charge in [0.15, 0.2) is 11.7 Å². The lowest BCUT2D eigenvalue weighted by Crippen LogP contribution is -2.40. The molecule has 7 nitrogen and oxygen atoms in total. The number of methoxy groups -OCH3 is 1. The molecule has 1 spiro atoms. The third-order valence-electron chi connectivity index (χ3n) is 4.82. The van der Waals surface area contributed by atoms with Crippen molar-refractivity contribution in [2.24, 2.45) is 4.99 Å². The molecule has 2 aliphatic rings. The van der Waals surface area contributed by atoms with Crippen LogP contribution in [-0.2, 0) is 20.6 Å². The van der Waals surface area contributed by atoms with E-state index in [1.54, 1.807) is 13.4 Å². The van der Waals surface area contributed by atoms with Crippen molar-refractivity contribution in [3.8, 4) is 0 Å². The highest BCUT2D eigenvalue weighted by atomic mass is 16.7. The van der Waals surface area contributed by atoms with Crippen LogP contribution in [0.3, 0.4) is 0 Å². The second kappa shape index (κ2) is 9.94. The quantitative estimate of drug-likeness (QED) is 0.417. The summed E-state index contributed by atoms with van der Waals surface area (Å²) < 4.78 is 22.7. The maximum absolute atomic E-state index is 6.20. The van der Waals surface area contributed by atoms with Crippen LogP contribution in [0.2, 0.25) is 0 Å². The Hall–Kier alpha value is -1.57. The fourth-order valence-corrected chi connectivity index (χ4v) is 3.46. The van der Waals surface area contributed by atoms with Crippen LogP contribution in [0, 0.1) is 0 Å². The minimum absolute atomic E-state index is 0.0270. The van der Waals surface area contributed by atoms with Gasteiger partial charge in [-0.3, -0.25) is 4.99 Å². The molecular formula is C19H31N3O4. The highest BCUT2D eigenvalue weighted by Gasteiger charge is 2.42. The Morgan fingerprint density at radius 3 is 2.88 bits per heavy atom. The Kier molecular flexibility index (Phi) is 7.34. The van der Waals surface area contributed by atoms with Gasteiger partial charge in [0, 0.05) is 39.5 Å². The van der Waals surface area contributed by atoms with Crippen molar-refractivity contribution in [3.63, 3.8) is 0 Å². The van der Waals surface area contributed by atoms with E-state index in [2.05, 4.69) is 15.6 Å². The van der Waals surface area contributed by atoms with Gasteiger partial charge in [0.2, 0.25) is 0 Å². The van der Waals surface area contributed by atoms with Crippen molar-refractivity contribution < 1.29 is 18.6 Å². The third-order valence-corrected chi connectivity index (χ3v) is 4.82. The number of nitrogens with zero attached hydrogens (tertiary/aromatic N) is 1. The first kappa shape index (κ1) is 19.2. The molecule has 1 aromatic rings. The number of rotatable bonds is 8. The van der Waals surface area contributed by atoms with E-state index < -0.39 is 0 Å². The molecule has 2 fully saturated rings. The SMILES string of the molecule is COCCNC(=NCC1COC2(CCCCC2)O1)NCCc1ccco1. The van der Waals surface area contributed by atoms with Crippen LogP contribution in [0.15, 0.2) is 27.8 Å². The fraction of sp³-hybridized carbons (Fsp3) is 0.737. The summed E-state index contributed by atoms with van der Waals surface area (Å²) in [6.45, 7) is 3.30. The molecule has 2 N–H and O–H groups in total. The molecule has 26 heavy (non-hydrogen) atoms. The van der Waals surface area contributed by atoms with Gasteiger partial charge in [-0.25, -0.2) is 0 Å². The normalized spacial score (nSPS) is 22.7. The highest BCUT2D eigenvalue weighted by molar-refractivity contribution is 5.79. The first-order chi connectivity index (χ1) is 12.8. The van der Waals surface area contributed by atoms with Gasteiger partial charge in [-0.2, -0.15) is 0 Å². The molecule has 146 valence electrons. The molecule has 0 bridgehead atoms. The summed E-state index contributed by atoms with van der Waals surface area (Å²) in [5, 5.41) is 6.62. The van der Waals surface area contributed by atoms with E-state index in [4.69, 9.17) is 18.6 Å². The van der Waals surface area contributed by atoms with E-state index >= 15 is 0 Å². The summed E-state index contributed by atoms with van der Waals surface area (Å²) in [6.07, 6.45) is 8.21. The van der Waals surface area contributed by atoms with Crippen molar-refractivity contribution in [1.29, 1.82) is 0 Å². The lowest BCUT2D eigenvalue weighted by Gasteiger charge is -2.31. The Balaban J connectivity index is 1.46. The lowest BCUT2D eigenvalue weighted by molar-refractivity contribution is -0.186. The maximum Gasteiger partial charge on any atom is 0.191 e. The van der Waals surface area contributed by atoms with Gasteiger partial charge in [-0.15, -0.1) is 0 Å². The van der Waals surface area contributed by atoms with E-state index in [0.717, 1.165) is 37.5 Å². The smallest absolute Gasteiger partial charge is 0.191 e.